The van der Waals surface area contributed by atoms with E-state index >= 15 is 0 Å². The summed E-state index contributed by atoms with van der Waals surface area (Å²) in [6.07, 6.45) is 7.90. The summed E-state index contributed by atoms with van der Waals surface area (Å²) in [5.74, 6) is 0. The fourth-order valence-corrected chi connectivity index (χ4v) is 2.00. The molecule has 1 atom stereocenters. The summed E-state index contributed by atoms with van der Waals surface area (Å²) in [5, 5.41) is 0. The van der Waals surface area contributed by atoms with Gasteiger partial charge in [0, 0.05) is 6.61 Å². The van der Waals surface area contributed by atoms with Crippen LogP contribution in [0.3, 0.4) is 0 Å². The van der Waals surface area contributed by atoms with Crippen molar-refractivity contribution in [3.05, 3.63) is 35.9 Å². The van der Waals surface area contributed by atoms with Crippen LogP contribution in [0.4, 0.5) is 0 Å². The molecule has 1 aromatic rings. The molecule has 0 unspecified atom stereocenters. The molecule has 96 valence electrons. The minimum atomic E-state index is 0.337. The van der Waals surface area contributed by atoms with Crippen LogP contribution < -0.4 is 0 Å². The fourth-order valence-electron chi connectivity index (χ4n) is 2.00. The van der Waals surface area contributed by atoms with Gasteiger partial charge in [-0.1, -0.05) is 62.9 Å². The first-order valence-electron chi connectivity index (χ1n) is 6.98. The van der Waals surface area contributed by atoms with Crippen LogP contribution in [0.25, 0.3) is 0 Å². The summed E-state index contributed by atoms with van der Waals surface area (Å²) in [7, 11) is 0. The Morgan fingerprint density at radius 2 is 1.71 bits per heavy atom. The summed E-state index contributed by atoms with van der Waals surface area (Å²) in [6, 6.07) is 10.6. The van der Waals surface area contributed by atoms with Gasteiger partial charge in [-0.25, -0.2) is 0 Å². The summed E-state index contributed by atoms with van der Waals surface area (Å²) in [4.78, 5) is 0. The maximum atomic E-state index is 5.83. The maximum Gasteiger partial charge on any atom is 0.0587 e. The minimum absolute atomic E-state index is 0.337. The lowest BCUT2D eigenvalue weighted by Gasteiger charge is -2.13. The zero-order valence-corrected chi connectivity index (χ0v) is 11.3. The summed E-state index contributed by atoms with van der Waals surface area (Å²) in [6.45, 7) is 5.33. The molecule has 0 bridgehead atoms. The number of benzene rings is 1. The highest BCUT2D eigenvalue weighted by atomic mass is 16.5. The van der Waals surface area contributed by atoms with E-state index in [2.05, 4.69) is 44.2 Å². The molecule has 0 fully saturated rings. The standard InChI is InChI=1S/C16H26O/c1-3-4-5-6-10-13-17-15(2)14-16-11-8-7-9-12-16/h7-9,11-12,15H,3-6,10,13-14H2,1-2H3/t15-/m0/s1. The monoisotopic (exact) mass is 234 g/mol. The van der Waals surface area contributed by atoms with E-state index < -0.39 is 0 Å². The van der Waals surface area contributed by atoms with Gasteiger partial charge < -0.3 is 4.74 Å². The van der Waals surface area contributed by atoms with E-state index in [0.717, 1.165) is 13.0 Å². The normalized spacial score (nSPS) is 12.6. The Hall–Kier alpha value is -0.820. The molecular formula is C16H26O. The number of ether oxygens (including phenoxy) is 1. The molecule has 1 aromatic carbocycles. The molecule has 0 amide bonds. The SMILES string of the molecule is CCCCCCCO[C@@H](C)Cc1ccccc1. The lowest BCUT2D eigenvalue weighted by molar-refractivity contribution is 0.0635. The molecule has 1 heteroatoms. The van der Waals surface area contributed by atoms with Crippen LogP contribution in [0.5, 0.6) is 0 Å². The molecule has 0 saturated heterocycles. The van der Waals surface area contributed by atoms with Crippen molar-refractivity contribution in [3.63, 3.8) is 0 Å². The van der Waals surface area contributed by atoms with E-state index in [-0.39, 0.29) is 0 Å². The molecule has 0 heterocycles. The molecule has 0 aromatic heterocycles. The van der Waals surface area contributed by atoms with Crippen LogP contribution in [-0.2, 0) is 11.2 Å². The highest BCUT2D eigenvalue weighted by molar-refractivity contribution is 5.15. The van der Waals surface area contributed by atoms with Gasteiger partial charge >= 0.3 is 0 Å². The van der Waals surface area contributed by atoms with Gasteiger partial charge in [0.1, 0.15) is 0 Å². The maximum absolute atomic E-state index is 5.83. The predicted octanol–water partition coefficient (Wildman–Crippen LogP) is 4.60. The van der Waals surface area contributed by atoms with Crippen molar-refractivity contribution in [1.29, 1.82) is 0 Å². The Kier molecular flexibility index (Phi) is 7.74. The molecule has 0 aliphatic rings. The lowest BCUT2D eigenvalue weighted by atomic mass is 10.1. The van der Waals surface area contributed by atoms with Crippen molar-refractivity contribution >= 4 is 0 Å². The van der Waals surface area contributed by atoms with Gasteiger partial charge in [0.05, 0.1) is 6.10 Å². The Bertz CT molecular complexity index is 268. The van der Waals surface area contributed by atoms with Gasteiger partial charge in [-0.15, -0.1) is 0 Å². The van der Waals surface area contributed by atoms with Crippen molar-refractivity contribution < 1.29 is 4.74 Å². The van der Waals surface area contributed by atoms with Crippen molar-refractivity contribution in [3.8, 4) is 0 Å². The smallest absolute Gasteiger partial charge is 0.0587 e. The van der Waals surface area contributed by atoms with Crippen molar-refractivity contribution in [2.75, 3.05) is 6.61 Å². The highest BCUT2D eigenvalue weighted by Crippen LogP contribution is 2.07. The Labute approximate surface area is 106 Å². The van der Waals surface area contributed by atoms with Gasteiger partial charge in [-0.2, -0.15) is 0 Å². The van der Waals surface area contributed by atoms with Gasteiger partial charge in [0.2, 0.25) is 0 Å². The number of hydrogen-bond acceptors (Lipinski definition) is 1. The van der Waals surface area contributed by atoms with Crippen LogP contribution in [0.15, 0.2) is 30.3 Å². The Morgan fingerprint density at radius 3 is 2.41 bits per heavy atom. The molecule has 0 aliphatic heterocycles. The van der Waals surface area contributed by atoms with Crippen LogP contribution >= 0.6 is 0 Å². The van der Waals surface area contributed by atoms with Gasteiger partial charge in [0.15, 0.2) is 0 Å². The second-order valence-electron chi connectivity index (χ2n) is 4.79. The van der Waals surface area contributed by atoms with Crippen LogP contribution in [0.2, 0.25) is 0 Å². The van der Waals surface area contributed by atoms with Crippen molar-refractivity contribution in [2.45, 2.75) is 58.5 Å². The van der Waals surface area contributed by atoms with E-state index in [9.17, 15) is 0 Å². The van der Waals surface area contributed by atoms with E-state index in [4.69, 9.17) is 4.74 Å². The largest absolute Gasteiger partial charge is 0.378 e. The van der Waals surface area contributed by atoms with Crippen LogP contribution in [-0.4, -0.2) is 12.7 Å². The van der Waals surface area contributed by atoms with Gasteiger partial charge in [-0.05, 0) is 25.3 Å². The van der Waals surface area contributed by atoms with E-state index in [0.29, 0.717) is 6.10 Å². The molecular weight excluding hydrogens is 208 g/mol. The minimum Gasteiger partial charge on any atom is -0.378 e. The third kappa shape index (κ3) is 7.17. The van der Waals surface area contributed by atoms with E-state index in [1.807, 2.05) is 0 Å². The second-order valence-corrected chi connectivity index (χ2v) is 4.79. The summed E-state index contributed by atoms with van der Waals surface area (Å²) < 4.78 is 5.83. The Morgan fingerprint density at radius 1 is 1.00 bits per heavy atom. The topological polar surface area (TPSA) is 9.23 Å². The summed E-state index contributed by atoms with van der Waals surface area (Å²) in [5.41, 5.74) is 1.37. The first-order valence-corrected chi connectivity index (χ1v) is 6.98. The average molecular weight is 234 g/mol. The zero-order valence-electron chi connectivity index (χ0n) is 11.3. The molecule has 0 spiro atoms. The number of hydrogen-bond donors (Lipinski definition) is 0. The lowest BCUT2D eigenvalue weighted by Crippen LogP contribution is -2.12. The third-order valence-electron chi connectivity index (χ3n) is 3.02. The molecule has 1 nitrogen and oxygen atoms in total. The Balaban J connectivity index is 2.03. The molecule has 0 N–H and O–H groups in total. The quantitative estimate of drug-likeness (QED) is 0.567. The first-order chi connectivity index (χ1) is 8.33. The highest BCUT2D eigenvalue weighted by Gasteiger charge is 2.02. The zero-order chi connectivity index (χ0) is 12.3. The molecule has 0 aliphatic carbocycles. The molecule has 1 rings (SSSR count). The molecule has 0 saturated carbocycles. The first kappa shape index (κ1) is 14.2. The van der Waals surface area contributed by atoms with Crippen molar-refractivity contribution in [1.82, 2.24) is 0 Å². The predicted molar refractivity (Wildman–Crippen MR) is 74.3 cm³/mol. The third-order valence-corrected chi connectivity index (χ3v) is 3.02. The second kappa shape index (κ2) is 9.23. The fraction of sp³-hybridized carbons (Fsp3) is 0.625. The number of unbranched alkanes of at least 4 members (excludes halogenated alkanes) is 4. The number of rotatable bonds is 9. The molecule has 17 heavy (non-hydrogen) atoms. The summed E-state index contributed by atoms with van der Waals surface area (Å²) >= 11 is 0. The van der Waals surface area contributed by atoms with Gasteiger partial charge in [-0.3, -0.25) is 0 Å². The molecule has 0 radical (unpaired) electrons. The average Bonchev–Trinajstić information content (AvgIpc) is 2.35. The van der Waals surface area contributed by atoms with E-state index in [1.54, 1.807) is 0 Å². The van der Waals surface area contributed by atoms with Gasteiger partial charge in [0.25, 0.3) is 0 Å². The van der Waals surface area contributed by atoms with E-state index in [1.165, 1.54) is 37.7 Å². The van der Waals surface area contributed by atoms with Crippen molar-refractivity contribution in [2.24, 2.45) is 0 Å². The van der Waals surface area contributed by atoms with Crippen LogP contribution in [0, 0.1) is 0 Å². The van der Waals surface area contributed by atoms with Crippen LogP contribution in [0.1, 0.15) is 51.5 Å².